The Hall–Kier alpha value is -0.900. The summed E-state index contributed by atoms with van der Waals surface area (Å²) in [6.45, 7) is 0. The van der Waals surface area contributed by atoms with Crippen molar-refractivity contribution in [3.63, 3.8) is 0 Å². The molecular formula is C7H13NO3. The monoisotopic (exact) mass is 159 g/mol. The number of rotatable bonds is 6. The van der Waals surface area contributed by atoms with Crippen molar-refractivity contribution in [2.45, 2.75) is 31.7 Å². The van der Waals surface area contributed by atoms with Crippen molar-refractivity contribution in [3.05, 3.63) is 0 Å². The maximum absolute atomic E-state index is 10.1. The summed E-state index contributed by atoms with van der Waals surface area (Å²) in [5.41, 5.74) is 5.42. The molecular weight excluding hydrogens is 146 g/mol. The van der Waals surface area contributed by atoms with Gasteiger partial charge in [-0.15, -0.1) is 0 Å². The molecule has 0 aromatic heterocycles. The van der Waals surface area contributed by atoms with E-state index in [0.717, 1.165) is 6.29 Å². The van der Waals surface area contributed by atoms with Crippen LogP contribution in [0.5, 0.6) is 0 Å². The highest BCUT2D eigenvalue weighted by atomic mass is 16.4. The topological polar surface area (TPSA) is 80.4 Å². The van der Waals surface area contributed by atoms with E-state index in [1.807, 2.05) is 0 Å². The van der Waals surface area contributed by atoms with E-state index in [0.29, 0.717) is 19.3 Å². The highest BCUT2D eigenvalue weighted by Crippen LogP contribution is 2.00. The first-order valence-electron chi connectivity index (χ1n) is 3.58. The summed E-state index contributed by atoms with van der Waals surface area (Å²) in [6, 6.07) is -0.313. The Balaban J connectivity index is 3.28. The number of unbranched alkanes of at least 4 members (excludes halogenated alkanes) is 1. The highest BCUT2D eigenvalue weighted by Gasteiger charge is 2.06. The van der Waals surface area contributed by atoms with Gasteiger partial charge in [-0.1, -0.05) is 0 Å². The van der Waals surface area contributed by atoms with Crippen molar-refractivity contribution in [1.29, 1.82) is 0 Å². The van der Waals surface area contributed by atoms with E-state index in [1.54, 1.807) is 0 Å². The molecule has 0 saturated carbocycles. The molecule has 0 aromatic rings. The molecule has 4 heteroatoms. The van der Waals surface area contributed by atoms with E-state index >= 15 is 0 Å². The second-order valence-electron chi connectivity index (χ2n) is 2.46. The second-order valence-corrected chi connectivity index (χ2v) is 2.46. The van der Waals surface area contributed by atoms with E-state index < -0.39 is 5.97 Å². The van der Waals surface area contributed by atoms with E-state index in [2.05, 4.69) is 0 Å². The molecule has 0 rings (SSSR count). The first-order chi connectivity index (χ1) is 5.16. The summed E-state index contributed by atoms with van der Waals surface area (Å²) < 4.78 is 0. The molecule has 0 aliphatic heterocycles. The molecule has 4 nitrogen and oxygen atoms in total. The molecule has 0 bridgehead atoms. The average molecular weight is 159 g/mol. The third-order valence-electron chi connectivity index (χ3n) is 1.33. The van der Waals surface area contributed by atoms with Gasteiger partial charge in [0.25, 0.3) is 0 Å². The molecule has 64 valence electrons. The van der Waals surface area contributed by atoms with Gasteiger partial charge in [0.1, 0.15) is 6.29 Å². The van der Waals surface area contributed by atoms with Gasteiger partial charge in [-0.3, -0.25) is 4.79 Å². The normalized spacial score (nSPS) is 12.5. The Kier molecular flexibility index (Phi) is 5.37. The Labute approximate surface area is 65.4 Å². The van der Waals surface area contributed by atoms with Crippen LogP contribution in [-0.2, 0) is 9.59 Å². The van der Waals surface area contributed by atoms with Gasteiger partial charge in [-0.25, -0.2) is 0 Å². The molecule has 0 heterocycles. The molecule has 0 amide bonds. The zero-order chi connectivity index (χ0) is 8.69. The van der Waals surface area contributed by atoms with Gasteiger partial charge in [-0.2, -0.15) is 0 Å². The van der Waals surface area contributed by atoms with Crippen LogP contribution >= 0.6 is 0 Å². The average Bonchev–Trinajstić information content (AvgIpc) is 1.86. The third kappa shape index (κ3) is 6.99. The van der Waals surface area contributed by atoms with Gasteiger partial charge in [0.15, 0.2) is 0 Å². The number of hydrogen-bond acceptors (Lipinski definition) is 3. The van der Waals surface area contributed by atoms with Gasteiger partial charge in [0.05, 0.1) is 6.42 Å². The summed E-state index contributed by atoms with van der Waals surface area (Å²) >= 11 is 0. The number of aliphatic carboxylic acids is 1. The summed E-state index contributed by atoms with van der Waals surface area (Å²) in [4.78, 5) is 19.9. The molecule has 0 saturated heterocycles. The van der Waals surface area contributed by atoms with Crippen molar-refractivity contribution in [1.82, 2.24) is 0 Å². The third-order valence-corrected chi connectivity index (χ3v) is 1.33. The van der Waals surface area contributed by atoms with Crippen molar-refractivity contribution < 1.29 is 14.7 Å². The molecule has 0 aliphatic rings. The maximum Gasteiger partial charge on any atom is 0.304 e. The number of hydrogen-bond donors (Lipinski definition) is 2. The first kappa shape index (κ1) is 10.1. The predicted molar refractivity (Wildman–Crippen MR) is 40.1 cm³/mol. The lowest BCUT2D eigenvalue weighted by molar-refractivity contribution is -0.137. The maximum atomic E-state index is 10.1. The van der Waals surface area contributed by atoms with Crippen LogP contribution in [0.4, 0.5) is 0 Å². The van der Waals surface area contributed by atoms with Crippen molar-refractivity contribution in [3.8, 4) is 0 Å². The molecule has 1 unspecified atom stereocenters. The molecule has 11 heavy (non-hydrogen) atoms. The van der Waals surface area contributed by atoms with Crippen LogP contribution in [0.2, 0.25) is 0 Å². The molecule has 0 radical (unpaired) electrons. The largest absolute Gasteiger partial charge is 0.481 e. The minimum atomic E-state index is -0.886. The van der Waals surface area contributed by atoms with Gasteiger partial charge in [-0.05, 0) is 12.8 Å². The SMILES string of the molecule is NC(CCCC=O)CC(=O)O. The van der Waals surface area contributed by atoms with Gasteiger partial charge < -0.3 is 15.6 Å². The van der Waals surface area contributed by atoms with E-state index in [1.165, 1.54) is 0 Å². The molecule has 0 fully saturated rings. The summed E-state index contributed by atoms with van der Waals surface area (Å²) in [6.07, 6.45) is 2.54. The lowest BCUT2D eigenvalue weighted by atomic mass is 10.1. The van der Waals surface area contributed by atoms with Crippen molar-refractivity contribution in [2.75, 3.05) is 0 Å². The number of carboxylic acids is 1. The second kappa shape index (κ2) is 5.85. The zero-order valence-corrected chi connectivity index (χ0v) is 6.32. The fraction of sp³-hybridized carbons (Fsp3) is 0.714. The Morgan fingerprint density at radius 1 is 1.64 bits per heavy atom. The standard InChI is InChI=1S/C7H13NO3/c8-6(5-7(10)11)3-1-2-4-9/h4,6H,1-3,5,8H2,(H,10,11). The fourth-order valence-electron chi connectivity index (χ4n) is 0.790. The lowest BCUT2D eigenvalue weighted by Gasteiger charge is -2.05. The highest BCUT2D eigenvalue weighted by molar-refractivity contribution is 5.67. The Bertz CT molecular complexity index is 136. The van der Waals surface area contributed by atoms with Gasteiger partial charge >= 0.3 is 5.97 Å². The van der Waals surface area contributed by atoms with Crippen LogP contribution < -0.4 is 5.73 Å². The smallest absolute Gasteiger partial charge is 0.304 e. The van der Waals surface area contributed by atoms with Gasteiger partial charge in [0.2, 0.25) is 0 Å². The van der Waals surface area contributed by atoms with Crippen LogP contribution in [0.15, 0.2) is 0 Å². The van der Waals surface area contributed by atoms with Crippen LogP contribution in [0.3, 0.4) is 0 Å². The summed E-state index contributed by atoms with van der Waals surface area (Å²) in [7, 11) is 0. The summed E-state index contributed by atoms with van der Waals surface area (Å²) in [5, 5.41) is 8.29. The minimum Gasteiger partial charge on any atom is -0.481 e. The van der Waals surface area contributed by atoms with Crippen LogP contribution in [0.1, 0.15) is 25.7 Å². The number of aldehydes is 1. The van der Waals surface area contributed by atoms with Crippen LogP contribution in [-0.4, -0.2) is 23.4 Å². The minimum absolute atomic E-state index is 0.0150. The fourth-order valence-corrected chi connectivity index (χ4v) is 0.790. The number of carboxylic acid groups (broad SMARTS) is 1. The summed E-state index contributed by atoms with van der Waals surface area (Å²) in [5.74, 6) is -0.886. The zero-order valence-electron chi connectivity index (χ0n) is 6.32. The first-order valence-corrected chi connectivity index (χ1v) is 3.58. The molecule has 0 spiro atoms. The number of nitrogens with two attached hydrogens (primary N) is 1. The molecule has 0 aromatic carbocycles. The van der Waals surface area contributed by atoms with Crippen molar-refractivity contribution >= 4 is 12.3 Å². The Morgan fingerprint density at radius 2 is 2.27 bits per heavy atom. The van der Waals surface area contributed by atoms with E-state index in [9.17, 15) is 9.59 Å². The number of carbonyl (C=O) groups excluding carboxylic acids is 1. The quantitative estimate of drug-likeness (QED) is 0.427. The molecule has 3 N–H and O–H groups in total. The molecule has 1 atom stereocenters. The number of carbonyl (C=O) groups is 2. The Morgan fingerprint density at radius 3 is 2.73 bits per heavy atom. The van der Waals surface area contributed by atoms with Gasteiger partial charge in [0, 0.05) is 12.5 Å². The molecule has 0 aliphatic carbocycles. The van der Waals surface area contributed by atoms with E-state index in [-0.39, 0.29) is 12.5 Å². The van der Waals surface area contributed by atoms with Crippen molar-refractivity contribution in [2.24, 2.45) is 5.73 Å². The van der Waals surface area contributed by atoms with E-state index in [4.69, 9.17) is 10.8 Å². The van der Waals surface area contributed by atoms with Crippen LogP contribution in [0.25, 0.3) is 0 Å². The van der Waals surface area contributed by atoms with Crippen LogP contribution in [0, 0.1) is 0 Å². The predicted octanol–water partition coefficient (Wildman–Crippen LogP) is 0.158. The lowest BCUT2D eigenvalue weighted by Crippen LogP contribution is -2.23.